The van der Waals surface area contributed by atoms with Crippen LogP contribution in [0.2, 0.25) is 0 Å². The maximum Gasteiger partial charge on any atom is 0.407 e. The second-order valence-corrected chi connectivity index (χ2v) is 9.78. The maximum absolute atomic E-state index is 12.8. The van der Waals surface area contributed by atoms with Crippen LogP contribution in [-0.4, -0.2) is 53.1 Å². The van der Waals surface area contributed by atoms with Gasteiger partial charge in [0.15, 0.2) is 5.78 Å². The average Bonchev–Trinajstić information content (AvgIpc) is 2.79. The topological polar surface area (TPSA) is 134 Å². The zero-order valence-corrected chi connectivity index (χ0v) is 21.8. The first-order chi connectivity index (χ1) is 16.3. The molecule has 0 aliphatic rings. The van der Waals surface area contributed by atoms with Crippen LogP contribution in [0.15, 0.2) is 24.3 Å². The van der Waals surface area contributed by atoms with Crippen LogP contribution in [0.3, 0.4) is 0 Å². The number of ether oxygens (including phenoxy) is 1. The first-order valence-electron chi connectivity index (χ1n) is 12.2. The number of nitrogens with one attached hydrogen (secondary N) is 3. The standard InChI is InChI=1S/C26H41N3O6/c1-7-17(2)22(24(33)27-15-9-8-10-21(31)18(3)30)29-23(32)20-13-11-19(12-14-20)16-28-25(34)35-26(4,5)6/h11-14,17-18,22,30H,7-10,15-16H2,1-6H3,(H,27,33)(H,28,34)(H,29,32)/t17?,18?,22-/m0/s1. The first-order valence-corrected chi connectivity index (χ1v) is 12.2. The zero-order chi connectivity index (χ0) is 26.6. The molecule has 9 nitrogen and oxygen atoms in total. The van der Waals surface area contributed by atoms with Crippen LogP contribution >= 0.6 is 0 Å². The van der Waals surface area contributed by atoms with E-state index in [1.165, 1.54) is 6.92 Å². The molecule has 0 bridgehead atoms. The summed E-state index contributed by atoms with van der Waals surface area (Å²) in [6.07, 6.45) is 0.656. The second kappa shape index (κ2) is 14.5. The van der Waals surface area contributed by atoms with Crippen molar-refractivity contribution < 1.29 is 29.0 Å². The van der Waals surface area contributed by atoms with Crippen molar-refractivity contribution in [2.24, 2.45) is 5.92 Å². The van der Waals surface area contributed by atoms with Gasteiger partial charge in [0.05, 0.1) is 0 Å². The fourth-order valence-corrected chi connectivity index (χ4v) is 3.14. The predicted molar refractivity (Wildman–Crippen MR) is 134 cm³/mol. The molecule has 0 heterocycles. The molecule has 0 spiro atoms. The molecule has 9 heteroatoms. The highest BCUT2D eigenvalue weighted by Gasteiger charge is 2.26. The third-order valence-corrected chi connectivity index (χ3v) is 5.45. The lowest BCUT2D eigenvalue weighted by Gasteiger charge is -2.23. The molecule has 1 aromatic rings. The Morgan fingerprint density at radius 3 is 2.17 bits per heavy atom. The van der Waals surface area contributed by atoms with Crippen LogP contribution in [0.5, 0.6) is 0 Å². The van der Waals surface area contributed by atoms with Crippen molar-refractivity contribution in [3.63, 3.8) is 0 Å². The molecule has 0 radical (unpaired) electrons. The molecule has 0 saturated heterocycles. The minimum atomic E-state index is -0.968. The Bertz CT molecular complexity index is 846. The highest BCUT2D eigenvalue weighted by Crippen LogP contribution is 2.12. The monoisotopic (exact) mass is 491 g/mol. The Labute approximate surface area is 208 Å². The van der Waals surface area contributed by atoms with E-state index in [1.54, 1.807) is 45.0 Å². The summed E-state index contributed by atoms with van der Waals surface area (Å²) in [5, 5.41) is 17.5. The molecule has 3 atom stereocenters. The van der Waals surface area contributed by atoms with Crippen molar-refractivity contribution in [1.29, 1.82) is 0 Å². The molecular weight excluding hydrogens is 450 g/mol. The number of aliphatic hydroxyl groups is 1. The number of amides is 3. The van der Waals surface area contributed by atoms with Gasteiger partial charge in [0, 0.05) is 25.1 Å². The molecule has 2 unspecified atom stereocenters. The average molecular weight is 492 g/mol. The number of hydrogen-bond acceptors (Lipinski definition) is 6. The fraction of sp³-hybridized carbons (Fsp3) is 0.615. The summed E-state index contributed by atoms with van der Waals surface area (Å²) in [6, 6.07) is 6.07. The summed E-state index contributed by atoms with van der Waals surface area (Å²) >= 11 is 0. The van der Waals surface area contributed by atoms with E-state index in [4.69, 9.17) is 4.74 Å². The number of rotatable bonds is 13. The van der Waals surface area contributed by atoms with E-state index in [2.05, 4.69) is 16.0 Å². The number of alkyl carbamates (subject to hydrolysis) is 1. The van der Waals surface area contributed by atoms with Crippen molar-refractivity contribution in [2.45, 2.75) is 91.5 Å². The molecule has 0 fully saturated rings. The van der Waals surface area contributed by atoms with Crippen LogP contribution in [0.4, 0.5) is 4.79 Å². The number of aliphatic hydroxyl groups excluding tert-OH is 1. The molecule has 0 aliphatic heterocycles. The number of Topliss-reactive ketones (excluding diaryl/α,β-unsaturated/α-hetero) is 1. The van der Waals surface area contributed by atoms with E-state index < -0.39 is 23.8 Å². The van der Waals surface area contributed by atoms with Crippen molar-refractivity contribution in [1.82, 2.24) is 16.0 Å². The number of carbonyl (C=O) groups excluding carboxylic acids is 4. The lowest BCUT2D eigenvalue weighted by atomic mass is 9.97. The number of hydrogen-bond donors (Lipinski definition) is 4. The Morgan fingerprint density at radius 2 is 1.63 bits per heavy atom. The van der Waals surface area contributed by atoms with E-state index >= 15 is 0 Å². The van der Waals surface area contributed by atoms with Gasteiger partial charge in [-0.2, -0.15) is 0 Å². The van der Waals surface area contributed by atoms with Gasteiger partial charge < -0.3 is 25.8 Å². The van der Waals surface area contributed by atoms with Crippen LogP contribution in [0.25, 0.3) is 0 Å². The summed E-state index contributed by atoms with van der Waals surface area (Å²) in [7, 11) is 0. The predicted octanol–water partition coefficient (Wildman–Crippen LogP) is 3.09. The van der Waals surface area contributed by atoms with E-state index in [0.717, 1.165) is 5.56 Å². The number of ketones is 1. The summed E-state index contributed by atoms with van der Waals surface area (Å²) in [5.74, 6) is -0.923. The molecule has 1 rings (SSSR count). The van der Waals surface area contributed by atoms with Gasteiger partial charge >= 0.3 is 6.09 Å². The smallest absolute Gasteiger partial charge is 0.407 e. The summed E-state index contributed by atoms with van der Waals surface area (Å²) in [5.41, 5.74) is 0.628. The molecule has 0 saturated carbocycles. The molecule has 0 aliphatic carbocycles. The van der Waals surface area contributed by atoms with Gasteiger partial charge in [-0.3, -0.25) is 14.4 Å². The Balaban J connectivity index is 2.61. The lowest BCUT2D eigenvalue weighted by Crippen LogP contribution is -2.50. The lowest BCUT2D eigenvalue weighted by molar-refractivity contribution is -0.126. The quantitative estimate of drug-likeness (QED) is 0.313. The largest absolute Gasteiger partial charge is 0.444 e. The van der Waals surface area contributed by atoms with Gasteiger partial charge in [0.1, 0.15) is 17.7 Å². The van der Waals surface area contributed by atoms with Gasteiger partial charge in [-0.1, -0.05) is 32.4 Å². The Morgan fingerprint density at radius 1 is 1.00 bits per heavy atom. The SMILES string of the molecule is CCC(C)[C@H](NC(=O)c1ccc(CNC(=O)OC(C)(C)C)cc1)C(=O)NCCCCC(=O)C(C)O. The summed E-state index contributed by atoms with van der Waals surface area (Å²) < 4.78 is 5.20. The number of carbonyl (C=O) groups is 4. The third kappa shape index (κ3) is 11.8. The van der Waals surface area contributed by atoms with Gasteiger partial charge in [0.2, 0.25) is 5.91 Å². The molecular formula is C26H41N3O6. The van der Waals surface area contributed by atoms with E-state index in [0.29, 0.717) is 31.4 Å². The second-order valence-electron chi connectivity index (χ2n) is 9.78. The zero-order valence-electron chi connectivity index (χ0n) is 21.8. The molecule has 196 valence electrons. The molecule has 1 aromatic carbocycles. The summed E-state index contributed by atoms with van der Waals surface area (Å²) in [6.45, 7) is 11.3. The van der Waals surface area contributed by atoms with E-state index in [-0.39, 0.29) is 36.5 Å². The highest BCUT2D eigenvalue weighted by molar-refractivity contribution is 5.97. The molecule has 3 amide bonds. The minimum Gasteiger partial charge on any atom is -0.444 e. The van der Waals surface area contributed by atoms with Gasteiger partial charge in [0.25, 0.3) is 5.91 Å². The van der Waals surface area contributed by atoms with Gasteiger partial charge in [-0.05, 0) is 64.2 Å². The third-order valence-electron chi connectivity index (χ3n) is 5.45. The number of benzene rings is 1. The van der Waals surface area contributed by atoms with Crippen molar-refractivity contribution >= 4 is 23.7 Å². The van der Waals surface area contributed by atoms with Crippen LogP contribution in [-0.2, 0) is 20.9 Å². The van der Waals surface area contributed by atoms with Crippen molar-refractivity contribution in [2.75, 3.05) is 6.54 Å². The van der Waals surface area contributed by atoms with E-state index in [1.807, 2.05) is 13.8 Å². The minimum absolute atomic E-state index is 0.0759. The molecule has 35 heavy (non-hydrogen) atoms. The van der Waals surface area contributed by atoms with Crippen molar-refractivity contribution in [3.8, 4) is 0 Å². The normalized spacial score (nSPS) is 13.8. The molecule has 0 aromatic heterocycles. The Hall–Kier alpha value is -2.94. The van der Waals surface area contributed by atoms with Crippen LogP contribution in [0, 0.1) is 5.92 Å². The van der Waals surface area contributed by atoms with Crippen LogP contribution < -0.4 is 16.0 Å². The van der Waals surface area contributed by atoms with Crippen LogP contribution in [0.1, 0.15) is 83.1 Å². The first kappa shape index (κ1) is 30.1. The van der Waals surface area contributed by atoms with E-state index in [9.17, 15) is 24.3 Å². The van der Waals surface area contributed by atoms with Crippen molar-refractivity contribution in [3.05, 3.63) is 35.4 Å². The van der Waals surface area contributed by atoms with Gasteiger partial charge in [-0.15, -0.1) is 0 Å². The van der Waals surface area contributed by atoms with Gasteiger partial charge in [-0.25, -0.2) is 4.79 Å². The molecule has 4 N–H and O–H groups in total. The Kier molecular flexibility index (Phi) is 12.4. The number of unbranched alkanes of at least 4 members (excludes halogenated alkanes) is 1. The fourth-order valence-electron chi connectivity index (χ4n) is 3.14. The summed E-state index contributed by atoms with van der Waals surface area (Å²) in [4.78, 5) is 48.8. The maximum atomic E-state index is 12.8. The highest BCUT2D eigenvalue weighted by atomic mass is 16.6.